The fraction of sp³-hybridized carbons (Fsp3) is 0.533. The number of carbonyl (C=O) groups is 2. The molecular formula is C30H43N3O6S. The van der Waals surface area contributed by atoms with E-state index in [1.54, 1.807) is 36.3 Å². The van der Waals surface area contributed by atoms with E-state index in [4.69, 9.17) is 9.47 Å². The fourth-order valence-electron chi connectivity index (χ4n) is 5.09. The van der Waals surface area contributed by atoms with Crippen molar-refractivity contribution in [3.63, 3.8) is 0 Å². The summed E-state index contributed by atoms with van der Waals surface area (Å²) in [6, 6.07) is 13.8. The molecule has 2 amide bonds. The number of nitrogens with one attached hydrogen (secondary N) is 1. The Bertz CT molecular complexity index is 1190. The summed E-state index contributed by atoms with van der Waals surface area (Å²) < 4.78 is 37.2. The van der Waals surface area contributed by atoms with Crippen LogP contribution in [0.25, 0.3) is 0 Å². The molecule has 40 heavy (non-hydrogen) atoms. The number of carbonyl (C=O) groups excluding carboxylic acids is 2. The monoisotopic (exact) mass is 573 g/mol. The Morgan fingerprint density at radius 3 is 2.17 bits per heavy atom. The molecule has 0 radical (unpaired) electrons. The quantitative estimate of drug-likeness (QED) is 0.336. The third kappa shape index (κ3) is 8.87. The van der Waals surface area contributed by atoms with E-state index in [0.717, 1.165) is 37.5 Å². The molecule has 3 rings (SSSR count). The lowest BCUT2D eigenvalue weighted by Gasteiger charge is -2.32. The molecule has 0 aromatic heterocycles. The summed E-state index contributed by atoms with van der Waals surface area (Å²) in [5.74, 6) is 1.04. The maximum absolute atomic E-state index is 13.6. The molecule has 1 N–H and O–H groups in total. The summed E-state index contributed by atoms with van der Waals surface area (Å²) in [4.78, 5) is 28.6. The minimum Gasteiger partial charge on any atom is -0.497 e. The van der Waals surface area contributed by atoms with Gasteiger partial charge in [-0.15, -0.1) is 0 Å². The summed E-state index contributed by atoms with van der Waals surface area (Å²) >= 11 is 0. The first-order chi connectivity index (χ1) is 19.2. The van der Waals surface area contributed by atoms with Gasteiger partial charge in [-0.05, 0) is 74.6 Å². The van der Waals surface area contributed by atoms with E-state index in [1.807, 2.05) is 38.1 Å². The molecule has 9 nitrogen and oxygen atoms in total. The highest BCUT2D eigenvalue weighted by Gasteiger charge is 2.30. The number of hydrogen-bond donors (Lipinski definition) is 1. The Morgan fingerprint density at radius 1 is 1.00 bits per heavy atom. The number of anilines is 1. The van der Waals surface area contributed by atoms with E-state index >= 15 is 0 Å². The average Bonchev–Trinajstić information content (AvgIpc) is 3.44. The van der Waals surface area contributed by atoms with Crippen LogP contribution in [0.1, 0.15) is 64.4 Å². The number of hydrogen-bond acceptors (Lipinski definition) is 6. The summed E-state index contributed by atoms with van der Waals surface area (Å²) in [7, 11) is -1.98. The summed E-state index contributed by atoms with van der Waals surface area (Å²) in [5.41, 5.74) is 1.39. The van der Waals surface area contributed by atoms with Crippen molar-refractivity contribution < 1.29 is 27.5 Å². The van der Waals surface area contributed by atoms with Crippen LogP contribution in [0.3, 0.4) is 0 Å². The lowest BCUT2D eigenvalue weighted by molar-refractivity contribution is -0.141. The predicted molar refractivity (Wildman–Crippen MR) is 157 cm³/mol. The predicted octanol–water partition coefficient (Wildman–Crippen LogP) is 4.51. The zero-order valence-corrected chi connectivity index (χ0v) is 24.9. The van der Waals surface area contributed by atoms with Crippen LogP contribution in [0.15, 0.2) is 48.5 Å². The highest BCUT2D eigenvalue weighted by Crippen LogP contribution is 2.24. The Balaban J connectivity index is 1.74. The normalized spacial score (nSPS) is 14.4. The third-order valence-corrected chi connectivity index (χ3v) is 8.38. The minimum absolute atomic E-state index is 0.104. The number of rotatable bonds is 15. The lowest BCUT2D eigenvalue weighted by atomic mass is 10.1. The average molecular weight is 574 g/mol. The van der Waals surface area contributed by atoms with Gasteiger partial charge < -0.3 is 19.7 Å². The van der Waals surface area contributed by atoms with E-state index in [0.29, 0.717) is 36.6 Å². The molecule has 1 saturated carbocycles. The number of amides is 2. The molecule has 10 heteroatoms. The molecule has 0 heterocycles. The molecule has 2 aromatic rings. The first-order valence-electron chi connectivity index (χ1n) is 14.1. The maximum atomic E-state index is 13.6. The van der Waals surface area contributed by atoms with Gasteiger partial charge in [-0.2, -0.15) is 0 Å². The van der Waals surface area contributed by atoms with Crippen LogP contribution in [-0.2, 0) is 26.2 Å². The van der Waals surface area contributed by atoms with Crippen LogP contribution in [-0.4, -0.2) is 63.7 Å². The van der Waals surface area contributed by atoms with Gasteiger partial charge >= 0.3 is 0 Å². The molecule has 1 unspecified atom stereocenters. The smallest absolute Gasteiger partial charge is 0.243 e. The largest absolute Gasteiger partial charge is 0.497 e. The molecule has 0 aliphatic heterocycles. The molecular weight excluding hydrogens is 530 g/mol. The standard InChI is InChI=1S/C30H43N3O6S/c1-5-28(30(35)31-24-10-7-8-11-24)32(22-23-13-17-26(38-3)18-14-23)29(34)12-9-21-33(40(4,36)37)25-15-19-27(20-16-25)39-6-2/h13-20,24,28H,5-12,21-22H2,1-4H3,(H,31,35). The highest BCUT2D eigenvalue weighted by atomic mass is 32.2. The maximum Gasteiger partial charge on any atom is 0.243 e. The van der Waals surface area contributed by atoms with Crippen molar-refractivity contribution in [3.8, 4) is 11.5 Å². The van der Waals surface area contributed by atoms with Gasteiger partial charge in [0.15, 0.2) is 0 Å². The third-order valence-electron chi connectivity index (χ3n) is 7.19. The molecule has 0 spiro atoms. The Morgan fingerprint density at radius 2 is 1.62 bits per heavy atom. The van der Waals surface area contributed by atoms with Crippen LogP contribution in [0.5, 0.6) is 11.5 Å². The molecule has 0 bridgehead atoms. The number of benzene rings is 2. The van der Waals surface area contributed by atoms with Gasteiger partial charge in [0, 0.05) is 25.6 Å². The molecule has 220 valence electrons. The van der Waals surface area contributed by atoms with Gasteiger partial charge in [0.2, 0.25) is 21.8 Å². The Kier molecular flexibility index (Phi) is 11.7. The summed E-state index contributed by atoms with van der Waals surface area (Å²) in [5, 5.41) is 3.15. The molecule has 1 atom stereocenters. The van der Waals surface area contributed by atoms with Gasteiger partial charge in [-0.25, -0.2) is 8.42 Å². The van der Waals surface area contributed by atoms with Gasteiger partial charge in [0.25, 0.3) is 0 Å². The van der Waals surface area contributed by atoms with Crippen LogP contribution in [0.2, 0.25) is 0 Å². The van der Waals surface area contributed by atoms with Gasteiger partial charge in [0.1, 0.15) is 17.5 Å². The first kappa shape index (κ1) is 31.3. The van der Waals surface area contributed by atoms with E-state index in [2.05, 4.69) is 5.32 Å². The second-order valence-corrected chi connectivity index (χ2v) is 12.1. The topological polar surface area (TPSA) is 105 Å². The highest BCUT2D eigenvalue weighted by molar-refractivity contribution is 7.92. The number of sulfonamides is 1. The molecule has 2 aromatic carbocycles. The number of nitrogens with zero attached hydrogens (tertiary/aromatic N) is 2. The van der Waals surface area contributed by atoms with Crippen LogP contribution in [0.4, 0.5) is 5.69 Å². The van der Waals surface area contributed by atoms with E-state index in [9.17, 15) is 18.0 Å². The second kappa shape index (κ2) is 14.9. The summed E-state index contributed by atoms with van der Waals surface area (Å²) in [6.07, 6.45) is 6.15. The van der Waals surface area contributed by atoms with Gasteiger partial charge in [-0.1, -0.05) is 31.9 Å². The van der Waals surface area contributed by atoms with E-state index in [1.165, 1.54) is 4.31 Å². The second-order valence-electron chi connectivity index (χ2n) is 10.1. The van der Waals surface area contributed by atoms with Gasteiger partial charge in [0.05, 0.1) is 25.7 Å². The van der Waals surface area contributed by atoms with Crippen molar-refractivity contribution >= 4 is 27.5 Å². The number of ether oxygens (including phenoxy) is 2. The zero-order valence-electron chi connectivity index (χ0n) is 24.1. The fourth-order valence-corrected chi connectivity index (χ4v) is 6.06. The van der Waals surface area contributed by atoms with Crippen LogP contribution >= 0.6 is 0 Å². The van der Waals surface area contributed by atoms with E-state index in [-0.39, 0.29) is 37.4 Å². The molecule has 1 aliphatic carbocycles. The lowest BCUT2D eigenvalue weighted by Crippen LogP contribution is -2.51. The SMILES string of the molecule is CCOc1ccc(N(CCCC(=O)N(Cc2ccc(OC)cc2)C(CC)C(=O)NC2CCCC2)S(C)(=O)=O)cc1. The van der Waals surface area contributed by atoms with Gasteiger partial charge in [-0.3, -0.25) is 13.9 Å². The molecule has 0 saturated heterocycles. The molecule has 1 fully saturated rings. The summed E-state index contributed by atoms with van der Waals surface area (Å²) in [6.45, 7) is 4.72. The first-order valence-corrected chi connectivity index (χ1v) is 15.9. The van der Waals surface area contributed by atoms with Crippen molar-refractivity contribution in [1.82, 2.24) is 10.2 Å². The van der Waals surface area contributed by atoms with Crippen molar-refractivity contribution in [2.45, 2.75) is 77.4 Å². The van der Waals surface area contributed by atoms with E-state index < -0.39 is 16.1 Å². The number of methoxy groups -OCH3 is 1. The molecule has 1 aliphatic rings. The van der Waals surface area contributed by atoms with Crippen molar-refractivity contribution in [2.24, 2.45) is 0 Å². The van der Waals surface area contributed by atoms with Crippen LogP contribution < -0.4 is 19.1 Å². The van der Waals surface area contributed by atoms with Crippen molar-refractivity contribution in [2.75, 3.05) is 30.8 Å². The van der Waals surface area contributed by atoms with Crippen molar-refractivity contribution in [1.29, 1.82) is 0 Å². The zero-order chi connectivity index (χ0) is 29.1. The Hall–Kier alpha value is -3.27. The minimum atomic E-state index is -3.57. The van der Waals surface area contributed by atoms with Crippen molar-refractivity contribution in [3.05, 3.63) is 54.1 Å². The Labute approximate surface area is 238 Å². The van der Waals surface area contributed by atoms with Crippen LogP contribution in [0, 0.1) is 0 Å².